The molecule has 7 nitrogen and oxygen atoms in total. The second-order valence-corrected chi connectivity index (χ2v) is 5.54. The zero-order valence-corrected chi connectivity index (χ0v) is 14.8. The molecule has 26 heavy (non-hydrogen) atoms. The molecule has 1 aromatic carbocycles. The van der Waals surface area contributed by atoms with Gasteiger partial charge in [0.05, 0.1) is 24.1 Å². The third kappa shape index (κ3) is 4.89. The number of hydrogen-bond acceptors (Lipinski definition) is 6. The van der Waals surface area contributed by atoms with Crippen molar-refractivity contribution in [1.82, 2.24) is 10.3 Å². The fraction of sp³-hybridized carbons (Fsp3) is 0.263. The Bertz CT molecular complexity index is 805. The van der Waals surface area contributed by atoms with E-state index in [9.17, 15) is 14.4 Å². The van der Waals surface area contributed by atoms with Gasteiger partial charge in [-0.2, -0.15) is 0 Å². The molecule has 0 unspecified atom stereocenters. The lowest BCUT2D eigenvalue weighted by molar-refractivity contribution is -0.142. The molecule has 2 aromatic rings. The smallest absolute Gasteiger partial charge is 0.340 e. The van der Waals surface area contributed by atoms with Crippen LogP contribution in [-0.2, 0) is 19.1 Å². The summed E-state index contributed by atoms with van der Waals surface area (Å²) in [6.07, 6.45) is -1.06. The standard InChI is InChI=1S/C19H20N2O5/c1-12-15(9-10-16(21-12)14-7-5-4-6-8-14)19(24)26-13(2)18(23)20-11-17(22)25-3/h4-10,13H,11H2,1-3H3,(H,20,23)/t13-/m0/s1. The zero-order chi connectivity index (χ0) is 19.1. The molecule has 0 saturated carbocycles. The highest BCUT2D eigenvalue weighted by Gasteiger charge is 2.21. The van der Waals surface area contributed by atoms with E-state index in [1.165, 1.54) is 14.0 Å². The Hall–Kier alpha value is -3.22. The molecule has 0 radical (unpaired) electrons. The molecule has 1 atom stereocenters. The van der Waals surface area contributed by atoms with Gasteiger partial charge in [-0.15, -0.1) is 0 Å². The Kier molecular flexibility index (Phi) is 6.43. The highest BCUT2D eigenvalue weighted by atomic mass is 16.5. The summed E-state index contributed by atoms with van der Waals surface area (Å²) < 4.78 is 9.57. The number of esters is 2. The molecule has 136 valence electrons. The van der Waals surface area contributed by atoms with Crippen molar-refractivity contribution in [2.24, 2.45) is 0 Å². The van der Waals surface area contributed by atoms with Crippen LogP contribution in [-0.4, -0.2) is 42.6 Å². The maximum atomic E-state index is 12.3. The lowest BCUT2D eigenvalue weighted by atomic mass is 10.1. The van der Waals surface area contributed by atoms with Gasteiger partial charge in [0.25, 0.3) is 5.91 Å². The maximum Gasteiger partial charge on any atom is 0.340 e. The average Bonchev–Trinajstić information content (AvgIpc) is 2.66. The molecular formula is C19H20N2O5. The summed E-state index contributed by atoms with van der Waals surface area (Å²) in [5.74, 6) is -1.83. The Morgan fingerprint density at radius 1 is 1.12 bits per heavy atom. The van der Waals surface area contributed by atoms with Crippen LogP contribution in [0, 0.1) is 6.92 Å². The van der Waals surface area contributed by atoms with E-state index in [2.05, 4.69) is 15.0 Å². The first-order valence-corrected chi connectivity index (χ1v) is 8.01. The first kappa shape index (κ1) is 19.1. The molecule has 1 N–H and O–H groups in total. The summed E-state index contributed by atoms with van der Waals surface area (Å²) in [5.41, 5.74) is 2.45. The predicted octanol–water partition coefficient (Wildman–Crippen LogP) is 1.89. The van der Waals surface area contributed by atoms with Crippen LogP contribution in [0.15, 0.2) is 42.5 Å². The fourth-order valence-electron chi connectivity index (χ4n) is 2.20. The number of rotatable bonds is 6. The number of hydrogen-bond donors (Lipinski definition) is 1. The van der Waals surface area contributed by atoms with Gasteiger partial charge < -0.3 is 14.8 Å². The Labute approximate surface area is 151 Å². The van der Waals surface area contributed by atoms with Crippen LogP contribution in [0.4, 0.5) is 0 Å². The van der Waals surface area contributed by atoms with Gasteiger partial charge >= 0.3 is 11.9 Å². The first-order chi connectivity index (χ1) is 12.4. The molecule has 1 amide bonds. The highest BCUT2D eigenvalue weighted by molar-refractivity contribution is 5.93. The van der Waals surface area contributed by atoms with Crippen molar-refractivity contribution in [2.45, 2.75) is 20.0 Å². The number of nitrogens with zero attached hydrogens (tertiary/aromatic N) is 1. The molecule has 1 aromatic heterocycles. The van der Waals surface area contributed by atoms with E-state index in [1.807, 2.05) is 30.3 Å². The van der Waals surface area contributed by atoms with Gasteiger partial charge in [-0.25, -0.2) is 4.79 Å². The Balaban J connectivity index is 2.03. The third-order valence-electron chi connectivity index (χ3n) is 3.66. The molecular weight excluding hydrogens is 336 g/mol. The normalized spacial score (nSPS) is 11.3. The second kappa shape index (κ2) is 8.75. The Morgan fingerprint density at radius 2 is 1.81 bits per heavy atom. The largest absolute Gasteiger partial charge is 0.468 e. The van der Waals surface area contributed by atoms with Crippen LogP contribution in [0.25, 0.3) is 11.3 Å². The molecule has 0 aliphatic carbocycles. The van der Waals surface area contributed by atoms with Crippen molar-refractivity contribution in [2.75, 3.05) is 13.7 Å². The van der Waals surface area contributed by atoms with Crippen molar-refractivity contribution in [3.8, 4) is 11.3 Å². The number of aromatic nitrogens is 1. The predicted molar refractivity (Wildman–Crippen MR) is 94.3 cm³/mol. The van der Waals surface area contributed by atoms with E-state index in [0.29, 0.717) is 5.69 Å². The summed E-state index contributed by atoms with van der Waals surface area (Å²) in [6.45, 7) is 2.83. The Morgan fingerprint density at radius 3 is 2.42 bits per heavy atom. The van der Waals surface area contributed by atoms with Gasteiger partial charge in [0, 0.05) is 5.56 Å². The van der Waals surface area contributed by atoms with Crippen molar-refractivity contribution in [1.29, 1.82) is 0 Å². The van der Waals surface area contributed by atoms with Crippen molar-refractivity contribution in [3.05, 3.63) is 53.7 Å². The number of aryl methyl sites for hydroxylation is 1. The minimum atomic E-state index is -1.06. The van der Waals surface area contributed by atoms with Gasteiger partial charge in [-0.05, 0) is 26.0 Å². The quantitative estimate of drug-likeness (QED) is 0.794. The molecule has 7 heteroatoms. The van der Waals surface area contributed by atoms with Crippen molar-refractivity contribution in [3.63, 3.8) is 0 Å². The molecule has 0 spiro atoms. The van der Waals surface area contributed by atoms with E-state index >= 15 is 0 Å². The number of amides is 1. The number of benzene rings is 1. The maximum absolute atomic E-state index is 12.3. The van der Waals surface area contributed by atoms with E-state index < -0.39 is 23.9 Å². The first-order valence-electron chi connectivity index (χ1n) is 8.01. The third-order valence-corrected chi connectivity index (χ3v) is 3.66. The molecule has 1 heterocycles. The number of methoxy groups -OCH3 is 1. The molecule has 0 aliphatic rings. The highest BCUT2D eigenvalue weighted by Crippen LogP contribution is 2.19. The van der Waals surface area contributed by atoms with Gasteiger partial charge in [-0.1, -0.05) is 30.3 Å². The fourth-order valence-corrected chi connectivity index (χ4v) is 2.20. The van der Waals surface area contributed by atoms with Crippen LogP contribution < -0.4 is 5.32 Å². The summed E-state index contributed by atoms with van der Waals surface area (Å²) in [6, 6.07) is 12.9. The van der Waals surface area contributed by atoms with Crippen molar-refractivity contribution < 1.29 is 23.9 Å². The van der Waals surface area contributed by atoms with Crippen LogP contribution in [0.1, 0.15) is 23.0 Å². The van der Waals surface area contributed by atoms with Crippen LogP contribution >= 0.6 is 0 Å². The monoisotopic (exact) mass is 356 g/mol. The minimum absolute atomic E-state index is 0.275. The van der Waals surface area contributed by atoms with E-state index in [4.69, 9.17) is 4.74 Å². The van der Waals surface area contributed by atoms with Crippen molar-refractivity contribution >= 4 is 17.8 Å². The van der Waals surface area contributed by atoms with Crippen LogP contribution in [0.5, 0.6) is 0 Å². The zero-order valence-electron chi connectivity index (χ0n) is 14.8. The summed E-state index contributed by atoms with van der Waals surface area (Å²) >= 11 is 0. The van der Waals surface area contributed by atoms with Crippen LogP contribution in [0.2, 0.25) is 0 Å². The number of carbonyl (C=O) groups excluding carboxylic acids is 3. The SMILES string of the molecule is COC(=O)CNC(=O)[C@H](C)OC(=O)c1ccc(-c2ccccc2)nc1C. The topological polar surface area (TPSA) is 94.6 Å². The molecule has 0 fully saturated rings. The number of carbonyl (C=O) groups is 3. The summed E-state index contributed by atoms with van der Waals surface area (Å²) in [4.78, 5) is 39.6. The molecule has 0 bridgehead atoms. The van der Waals surface area contributed by atoms with Gasteiger partial charge in [0.2, 0.25) is 0 Å². The molecule has 2 rings (SSSR count). The lowest BCUT2D eigenvalue weighted by Crippen LogP contribution is -2.39. The average molecular weight is 356 g/mol. The van der Waals surface area contributed by atoms with Crippen LogP contribution in [0.3, 0.4) is 0 Å². The van der Waals surface area contributed by atoms with E-state index in [-0.39, 0.29) is 12.1 Å². The lowest BCUT2D eigenvalue weighted by Gasteiger charge is -2.14. The van der Waals surface area contributed by atoms with E-state index in [1.54, 1.807) is 19.1 Å². The minimum Gasteiger partial charge on any atom is -0.468 e. The summed E-state index contributed by atoms with van der Waals surface area (Å²) in [7, 11) is 1.22. The number of pyridine rings is 1. The number of nitrogens with one attached hydrogen (secondary N) is 1. The molecule has 0 aliphatic heterocycles. The summed E-state index contributed by atoms with van der Waals surface area (Å²) in [5, 5.41) is 2.33. The van der Waals surface area contributed by atoms with Gasteiger partial charge in [0.15, 0.2) is 6.10 Å². The van der Waals surface area contributed by atoms with Gasteiger partial charge in [0.1, 0.15) is 6.54 Å². The van der Waals surface area contributed by atoms with E-state index in [0.717, 1.165) is 11.3 Å². The second-order valence-electron chi connectivity index (χ2n) is 5.54. The number of ether oxygens (including phenoxy) is 2. The van der Waals surface area contributed by atoms with Gasteiger partial charge in [-0.3, -0.25) is 14.6 Å². The molecule has 0 saturated heterocycles.